The Bertz CT molecular complexity index is 822. The van der Waals surface area contributed by atoms with Gasteiger partial charge in [-0.2, -0.15) is 0 Å². The third kappa shape index (κ3) is 5.35. The van der Waals surface area contributed by atoms with E-state index in [2.05, 4.69) is 20.5 Å². The molecular formula is C17H20N6O3. The average Bonchev–Trinajstić information content (AvgIpc) is 2.62. The summed E-state index contributed by atoms with van der Waals surface area (Å²) in [6, 6.07) is 9.89. The number of hydrogen-bond acceptors (Lipinski definition) is 8. The summed E-state index contributed by atoms with van der Waals surface area (Å²) < 4.78 is 5.20. The van der Waals surface area contributed by atoms with Crippen LogP contribution in [0.15, 0.2) is 46.6 Å². The van der Waals surface area contributed by atoms with E-state index in [-0.39, 0.29) is 37.1 Å². The van der Waals surface area contributed by atoms with Crippen LogP contribution in [0.4, 0.5) is 23.0 Å². The van der Waals surface area contributed by atoms with Crippen LogP contribution in [0, 0.1) is 0 Å². The number of nitrogens with two attached hydrogens (primary N) is 2. The molecule has 0 radical (unpaired) electrons. The number of nitrogens with zero attached hydrogens (tertiary/aromatic N) is 3. The lowest BCUT2D eigenvalue weighted by atomic mass is 10.3. The molecule has 0 aliphatic heterocycles. The smallest absolute Gasteiger partial charge is 0.310 e. The lowest BCUT2D eigenvalue weighted by molar-refractivity contribution is -0.134. The van der Waals surface area contributed by atoms with E-state index in [1.54, 1.807) is 43.3 Å². The third-order valence-corrected chi connectivity index (χ3v) is 3.18. The number of nitrogen functional groups attached to an aromatic ring is 1. The summed E-state index contributed by atoms with van der Waals surface area (Å²) in [7, 11) is 0. The van der Waals surface area contributed by atoms with E-state index in [4.69, 9.17) is 16.2 Å². The number of esters is 1. The summed E-state index contributed by atoms with van der Waals surface area (Å²) >= 11 is 0. The van der Waals surface area contributed by atoms with Crippen LogP contribution in [0.5, 0.6) is 5.75 Å². The lowest BCUT2D eigenvalue weighted by Crippen LogP contribution is -2.17. The summed E-state index contributed by atoms with van der Waals surface area (Å²) in [5.74, 6) is 0.0895. The van der Waals surface area contributed by atoms with Gasteiger partial charge in [-0.15, -0.1) is 10.2 Å². The summed E-state index contributed by atoms with van der Waals surface area (Å²) in [6.45, 7) is 1.95. The Kier molecular flexibility index (Phi) is 6.75. The summed E-state index contributed by atoms with van der Waals surface area (Å²) in [5, 5.41) is 10.7. The van der Waals surface area contributed by atoms with E-state index in [9.17, 15) is 9.59 Å². The van der Waals surface area contributed by atoms with Crippen LogP contribution in [-0.2, 0) is 9.59 Å². The number of ether oxygens (including phenoxy) is 1. The molecule has 5 N–H and O–H groups in total. The molecule has 0 saturated heterocycles. The fourth-order valence-corrected chi connectivity index (χ4v) is 1.89. The monoisotopic (exact) mass is 356 g/mol. The lowest BCUT2D eigenvalue weighted by Gasteiger charge is -2.06. The highest BCUT2D eigenvalue weighted by Crippen LogP contribution is 2.30. The zero-order valence-corrected chi connectivity index (χ0v) is 14.3. The van der Waals surface area contributed by atoms with Crippen LogP contribution in [0.2, 0.25) is 0 Å². The van der Waals surface area contributed by atoms with Gasteiger partial charge in [0.25, 0.3) is 0 Å². The van der Waals surface area contributed by atoms with Crippen molar-refractivity contribution in [3.63, 3.8) is 0 Å². The number of rotatable bonds is 7. The first kappa shape index (κ1) is 19.0. The quantitative estimate of drug-likeness (QED) is 0.395. The molecule has 0 aliphatic rings. The van der Waals surface area contributed by atoms with Crippen LogP contribution >= 0.6 is 0 Å². The molecule has 0 atom stereocenters. The van der Waals surface area contributed by atoms with Crippen molar-refractivity contribution in [3.8, 4) is 5.75 Å². The number of amides is 1. The summed E-state index contributed by atoms with van der Waals surface area (Å²) in [4.78, 5) is 27.0. The second-order valence-electron chi connectivity index (χ2n) is 5.18. The Hall–Kier alpha value is -3.33. The molecule has 2 rings (SSSR count). The number of carbonyl (C=O) groups excluding carboxylic acids is 2. The molecule has 1 amide bonds. The van der Waals surface area contributed by atoms with E-state index >= 15 is 0 Å². The SMILES string of the molecule is CCC(=O)Oc1ccccc1N=Nc1ccc(NC(=O)CCN)nc1N. The number of hydrogen-bond donors (Lipinski definition) is 3. The van der Waals surface area contributed by atoms with Gasteiger partial charge in [0.2, 0.25) is 5.91 Å². The number of anilines is 2. The Labute approximate surface area is 150 Å². The molecule has 9 heteroatoms. The standard InChI is InChI=1S/C17H20N6O3/c1-2-16(25)26-13-6-4-3-5-11(13)22-23-12-7-8-14(21-17(12)19)20-15(24)9-10-18/h3-8H,2,9-10,18H2,1H3,(H3,19,20,21,24). The molecule has 0 bridgehead atoms. The van der Waals surface area contributed by atoms with E-state index in [0.29, 0.717) is 22.9 Å². The van der Waals surface area contributed by atoms with Gasteiger partial charge in [0.15, 0.2) is 11.6 Å². The second kappa shape index (κ2) is 9.23. The van der Waals surface area contributed by atoms with Crippen LogP contribution in [0.1, 0.15) is 19.8 Å². The highest BCUT2D eigenvalue weighted by atomic mass is 16.5. The van der Waals surface area contributed by atoms with Crippen molar-refractivity contribution in [2.24, 2.45) is 16.0 Å². The summed E-state index contributed by atoms with van der Waals surface area (Å²) in [5.41, 5.74) is 11.9. The van der Waals surface area contributed by atoms with Crippen molar-refractivity contribution in [3.05, 3.63) is 36.4 Å². The van der Waals surface area contributed by atoms with Gasteiger partial charge in [-0.3, -0.25) is 9.59 Å². The molecule has 1 aromatic heterocycles. The number of aromatic nitrogens is 1. The molecule has 0 fully saturated rings. The van der Waals surface area contributed by atoms with Crippen LogP contribution in [0.25, 0.3) is 0 Å². The first-order valence-corrected chi connectivity index (χ1v) is 8.01. The first-order valence-electron chi connectivity index (χ1n) is 8.01. The van der Waals surface area contributed by atoms with Crippen LogP contribution in [0.3, 0.4) is 0 Å². The molecule has 136 valence electrons. The molecule has 0 spiro atoms. The van der Waals surface area contributed by atoms with Gasteiger partial charge < -0.3 is 21.5 Å². The number of para-hydroxylation sites is 1. The fourth-order valence-electron chi connectivity index (χ4n) is 1.89. The third-order valence-electron chi connectivity index (χ3n) is 3.18. The number of carbonyl (C=O) groups is 2. The Balaban J connectivity index is 2.16. The normalized spacial score (nSPS) is 10.7. The predicted molar refractivity (Wildman–Crippen MR) is 97.5 cm³/mol. The molecular weight excluding hydrogens is 336 g/mol. The maximum atomic E-state index is 11.5. The molecule has 9 nitrogen and oxygen atoms in total. The summed E-state index contributed by atoms with van der Waals surface area (Å²) in [6.07, 6.45) is 0.440. The van der Waals surface area contributed by atoms with E-state index in [0.717, 1.165) is 0 Å². The molecule has 2 aromatic rings. The van der Waals surface area contributed by atoms with Gasteiger partial charge in [-0.25, -0.2) is 4.98 Å². The minimum Gasteiger partial charge on any atom is -0.424 e. The van der Waals surface area contributed by atoms with E-state index in [1.165, 1.54) is 0 Å². The van der Waals surface area contributed by atoms with Crippen molar-refractivity contribution in [1.29, 1.82) is 0 Å². The second-order valence-corrected chi connectivity index (χ2v) is 5.18. The van der Waals surface area contributed by atoms with Crippen molar-refractivity contribution in [2.75, 3.05) is 17.6 Å². The van der Waals surface area contributed by atoms with Crippen molar-refractivity contribution in [1.82, 2.24) is 4.98 Å². The fraction of sp³-hybridized carbons (Fsp3) is 0.235. The van der Waals surface area contributed by atoms with Crippen molar-refractivity contribution in [2.45, 2.75) is 19.8 Å². The number of benzene rings is 1. The number of nitrogens with one attached hydrogen (secondary N) is 1. The molecule has 0 unspecified atom stereocenters. The molecule has 0 aliphatic carbocycles. The topological polar surface area (TPSA) is 145 Å². The highest BCUT2D eigenvalue weighted by Gasteiger charge is 2.08. The van der Waals surface area contributed by atoms with Gasteiger partial charge in [-0.1, -0.05) is 19.1 Å². The van der Waals surface area contributed by atoms with Crippen LogP contribution < -0.4 is 21.5 Å². The number of pyridine rings is 1. The zero-order valence-electron chi connectivity index (χ0n) is 14.3. The maximum Gasteiger partial charge on any atom is 0.310 e. The van der Waals surface area contributed by atoms with Crippen molar-refractivity contribution >= 4 is 34.9 Å². The maximum absolute atomic E-state index is 11.5. The highest BCUT2D eigenvalue weighted by molar-refractivity contribution is 5.90. The van der Waals surface area contributed by atoms with E-state index in [1.807, 2.05) is 0 Å². The van der Waals surface area contributed by atoms with Crippen molar-refractivity contribution < 1.29 is 14.3 Å². The van der Waals surface area contributed by atoms with Gasteiger partial charge >= 0.3 is 5.97 Å². The minimum atomic E-state index is -0.369. The Morgan fingerprint density at radius 3 is 2.58 bits per heavy atom. The molecule has 26 heavy (non-hydrogen) atoms. The first-order chi connectivity index (χ1) is 12.5. The minimum absolute atomic E-state index is 0.0994. The molecule has 1 heterocycles. The largest absolute Gasteiger partial charge is 0.424 e. The number of azo groups is 1. The van der Waals surface area contributed by atoms with Gasteiger partial charge in [0, 0.05) is 19.4 Å². The zero-order chi connectivity index (χ0) is 18.9. The molecule has 1 aromatic carbocycles. The van der Waals surface area contributed by atoms with Gasteiger partial charge in [0.05, 0.1) is 0 Å². The molecule has 0 saturated carbocycles. The Morgan fingerprint density at radius 1 is 1.15 bits per heavy atom. The predicted octanol–water partition coefficient (Wildman–Crippen LogP) is 2.68. The Morgan fingerprint density at radius 2 is 1.88 bits per heavy atom. The average molecular weight is 356 g/mol. The van der Waals surface area contributed by atoms with Crippen LogP contribution in [-0.4, -0.2) is 23.4 Å². The van der Waals surface area contributed by atoms with E-state index < -0.39 is 0 Å². The van der Waals surface area contributed by atoms with Gasteiger partial charge in [0.1, 0.15) is 17.2 Å². The van der Waals surface area contributed by atoms with Gasteiger partial charge in [-0.05, 0) is 24.3 Å².